The minimum atomic E-state index is -0.756. The smallest absolute Gasteiger partial charge is 0.303 e. The minimum absolute atomic E-state index is 0.107. The van der Waals surface area contributed by atoms with Crippen LogP contribution >= 0.6 is 0 Å². The molecule has 0 spiro atoms. The molecule has 6 nitrogen and oxygen atoms in total. The molecule has 0 saturated carbocycles. The number of benzene rings is 2. The van der Waals surface area contributed by atoms with Gasteiger partial charge in [-0.05, 0) is 47.9 Å². The van der Waals surface area contributed by atoms with Gasteiger partial charge in [0, 0.05) is 49.8 Å². The molecule has 1 aromatic heterocycles. The summed E-state index contributed by atoms with van der Waals surface area (Å²) in [6, 6.07) is 13.9. The van der Waals surface area contributed by atoms with Crippen LogP contribution in [0.15, 0.2) is 54.7 Å². The van der Waals surface area contributed by atoms with Crippen LogP contribution < -0.4 is 4.74 Å². The number of carbonyl (C=O) groups is 1. The van der Waals surface area contributed by atoms with Crippen molar-refractivity contribution in [1.29, 1.82) is 0 Å². The van der Waals surface area contributed by atoms with E-state index in [1.165, 1.54) is 12.1 Å². The third kappa shape index (κ3) is 5.68. The number of nitrogens with zero attached hydrogens (tertiary/aromatic N) is 3. The van der Waals surface area contributed by atoms with Crippen LogP contribution in [0.1, 0.15) is 30.2 Å². The summed E-state index contributed by atoms with van der Waals surface area (Å²) in [4.78, 5) is 22.5. The van der Waals surface area contributed by atoms with Crippen molar-refractivity contribution in [3.05, 3.63) is 77.4 Å². The Balaban J connectivity index is 1.37. The molecule has 1 aliphatic heterocycles. The van der Waals surface area contributed by atoms with Gasteiger partial charge < -0.3 is 9.84 Å². The summed E-state index contributed by atoms with van der Waals surface area (Å²) >= 11 is 0. The van der Waals surface area contributed by atoms with Crippen molar-refractivity contribution < 1.29 is 19.0 Å². The summed E-state index contributed by atoms with van der Waals surface area (Å²) < 4.78 is 19.0. The Morgan fingerprint density at radius 2 is 2.06 bits per heavy atom. The van der Waals surface area contributed by atoms with Crippen LogP contribution in [-0.4, -0.2) is 39.0 Å². The quantitative estimate of drug-likeness (QED) is 0.568. The fourth-order valence-corrected chi connectivity index (χ4v) is 3.97. The number of hydrogen-bond donors (Lipinski definition) is 1. The molecule has 0 amide bonds. The zero-order chi connectivity index (χ0) is 22.5. The van der Waals surface area contributed by atoms with E-state index in [1.807, 2.05) is 43.5 Å². The Morgan fingerprint density at radius 3 is 2.81 bits per heavy atom. The number of hydrogen-bond acceptors (Lipinski definition) is 5. The first kappa shape index (κ1) is 21.9. The number of carboxylic acid groups (broad SMARTS) is 1. The predicted octanol–water partition coefficient (Wildman–Crippen LogP) is 4.33. The molecule has 3 aromatic rings. The van der Waals surface area contributed by atoms with Crippen LogP contribution in [0.25, 0.3) is 11.4 Å². The molecular weight excluding hydrogens is 409 g/mol. The zero-order valence-electron chi connectivity index (χ0n) is 18.0. The van der Waals surface area contributed by atoms with E-state index in [9.17, 15) is 9.18 Å². The predicted molar refractivity (Wildman–Crippen MR) is 119 cm³/mol. The van der Waals surface area contributed by atoms with Gasteiger partial charge in [-0.25, -0.2) is 14.4 Å². The van der Waals surface area contributed by atoms with E-state index in [4.69, 9.17) is 14.8 Å². The van der Waals surface area contributed by atoms with E-state index >= 15 is 0 Å². The van der Waals surface area contributed by atoms with Gasteiger partial charge in [0.05, 0.1) is 5.69 Å². The zero-order valence-corrected chi connectivity index (χ0v) is 18.0. The van der Waals surface area contributed by atoms with Gasteiger partial charge in [0.25, 0.3) is 0 Å². The van der Waals surface area contributed by atoms with Gasteiger partial charge in [0.15, 0.2) is 5.82 Å². The highest BCUT2D eigenvalue weighted by atomic mass is 19.1. The molecular formula is C25H26FN3O3. The van der Waals surface area contributed by atoms with Gasteiger partial charge >= 0.3 is 5.97 Å². The third-order valence-electron chi connectivity index (χ3n) is 5.51. The number of fused-ring (bicyclic) bond motifs is 1. The maximum Gasteiger partial charge on any atom is 0.303 e. The number of aliphatic carboxylic acids is 1. The average molecular weight is 435 g/mol. The molecule has 1 unspecified atom stereocenters. The molecule has 1 atom stereocenters. The third-order valence-corrected chi connectivity index (χ3v) is 5.51. The number of aromatic nitrogens is 2. The second kappa shape index (κ2) is 9.87. The van der Waals surface area contributed by atoms with Crippen LogP contribution in [0.4, 0.5) is 4.39 Å². The molecule has 2 heterocycles. The fourth-order valence-electron chi connectivity index (χ4n) is 3.97. The van der Waals surface area contributed by atoms with Crippen molar-refractivity contribution in [2.45, 2.75) is 32.9 Å². The second-order valence-corrected chi connectivity index (χ2v) is 8.30. The monoisotopic (exact) mass is 435 g/mol. The highest BCUT2D eigenvalue weighted by molar-refractivity contribution is 5.67. The summed E-state index contributed by atoms with van der Waals surface area (Å²) in [6.07, 6.45) is 2.88. The van der Waals surface area contributed by atoms with Crippen molar-refractivity contribution in [3.8, 4) is 17.1 Å². The maximum absolute atomic E-state index is 13.3. The Morgan fingerprint density at radius 1 is 1.25 bits per heavy atom. The molecule has 2 aromatic carbocycles. The molecule has 0 saturated heterocycles. The van der Waals surface area contributed by atoms with Crippen LogP contribution in [0, 0.1) is 11.7 Å². The maximum atomic E-state index is 13.3. The summed E-state index contributed by atoms with van der Waals surface area (Å²) in [5, 5.41) is 8.96. The molecule has 1 N–H and O–H groups in total. The average Bonchev–Trinajstić information content (AvgIpc) is 2.77. The van der Waals surface area contributed by atoms with Gasteiger partial charge in [-0.3, -0.25) is 9.69 Å². The molecule has 4 rings (SSSR count). The van der Waals surface area contributed by atoms with E-state index in [-0.39, 0.29) is 18.2 Å². The Labute approximate surface area is 186 Å². The lowest BCUT2D eigenvalue weighted by atomic mass is 10.0. The molecule has 0 fully saturated rings. The molecule has 7 heteroatoms. The highest BCUT2D eigenvalue weighted by Crippen LogP contribution is 2.24. The number of carboxylic acids is 1. The summed E-state index contributed by atoms with van der Waals surface area (Å²) in [5.41, 5.74) is 3.82. The normalized spacial score (nSPS) is 14.6. The van der Waals surface area contributed by atoms with Gasteiger partial charge in [0.2, 0.25) is 0 Å². The van der Waals surface area contributed by atoms with E-state index in [0.717, 1.165) is 48.4 Å². The molecule has 0 bridgehead atoms. The van der Waals surface area contributed by atoms with E-state index in [1.54, 1.807) is 6.07 Å². The van der Waals surface area contributed by atoms with Gasteiger partial charge in [-0.2, -0.15) is 0 Å². The van der Waals surface area contributed by atoms with E-state index in [0.29, 0.717) is 18.2 Å². The van der Waals surface area contributed by atoms with Gasteiger partial charge in [-0.1, -0.05) is 19.1 Å². The fraction of sp³-hybridized carbons (Fsp3) is 0.320. The molecule has 0 radical (unpaired) electrons. The number of halogens is 1. The van der Waals surface area contributed by atoms with Crippen molar-refractivity contribution in [1.82, 2.24) is 14.9 Å². The molecule has 0 aliphatic carbocycles. The van der Waals surface area contributed by atoms with Crippen LogP contribution in [-0.2, 0) is 24.4 Å². The molecule has 32 heavy (non-hydrogen) atoms. The second-order valence-electron chi connectivity index (χ2n) is 8.30. The first-order chi connectivity index (χ1) is 15.5. The SMILES string of the molecule is CC(CC(=O)O)CN1CCc2nc(-c3ccc(OCc4cccc(F)c4)cc3)ncc2C1. The number of rotatable bonds is 8. The molecule has 1 aliphatic rings. The topological polar surface area (TPSA) is 75.5 Å². The first-order valence-corrected chi connectivity index (χ1v) is 10.7. The Kier molecular flexibility index (Phi) is 6.75. The lowest BCUT2D eigenvalue weighted by Crippen LogP contribution is -2.35. The number of ether oxygens (including phenoxy) is 1. The lowest BCUT2D eigenvalue weighted by Gasteiger charge is -2.29. The highest BCUT2D eigenvalue weighted by Gasteiger charge is 2.21. The Bertz CT molecular complexity index is 1090. The minimum Gasteiger partial charge on any atom is -0.489 e. The van der Waals surface area contributed by atoms with E-state index in [2.05, 4.69) is 9.88 Å². The Hall–Kier alpha value is -3.32. The largest absolute Gasteiger partial charge is 0.489 e. The summed E-state index contributed by atoms with van der Waals surface area (Å²) in [5.74, 6) is 0.447. The lowest BCUT2D eigenvalue weighted by molar-refractivity contribution is -0.138. The van der Waals surface area contributed by atoms with Crippen molar-refractivity contribution >= 4 is 5.97 Å². The summed E-state index contributed by atoms with van der Waals surface area (Å²) in [7, 11) is 0. The van der Waals surface area contributed by atoms with Gasteiger partial charge in [0.1, 0.15) is 18.2 Å². The van der Waals surface area contributed by atoms with Crippen LogP contribution in [0.2, 0.25) is 0 Å². The standard InChI is InChI=1S/C25H26FN3O3/c1-17(11-24(30)31)14-29-10-9-23-20(15-29)13-27-25(28-23)19-5-7-22(8-6-19)32-16-18-3-2-4-21(26)12-18/h2-8,12-13,17H,9-11,14-16H2,1H3,(H,30,31). The van der Waals surface area contributed by atoms with Crippen molar-refractivity contribution in [2.75, 3.05) is 13.1 Å². The first-order valence-electron chi connectivity index (χ1n) is 10.7. The van der Waals surface area contributed by atoms with Crippen LogP contribution in [0.5, 0.6) is 5.75 Å². The molecule has 166 valence electrons. The van der Waals surface area contributed by atoms with Crippen molar-refractivity contribution in [2.24, 2.45) is 5.92 Å². The van der Waals surface area contributed by atoms with Crippen LogP contribution in [0.3, 0.4) is 0 Å². The van der Waals surface area contributed by atoms with Crippen molar-refractivity contribution in [3.63, 3.8) is 0 Å². The van der Waals surface area contributed by atoms with E-state index < -0.39 is 5.97 Å². The summed E-state index contributed by atoms with van der Waals surface area (Å²) in [6.45, 7) is 4.63. The van der Waals surface area contributed by atoms with Gasteiger partial charge in [-0.15, -0.1) is 0 Å².